The zero-order valence-electron chi connectivity index (χ0n) is 35.7. The number of ether oxygens (including phenoxy) is 1. The number of carboxylic acids is 1. The lowest BCUT2D eigenvalue weighted by atomic mass is 9.80. The highest BCUT2D eigenvalue weighted by molar-refractivity contribution is 5.92. The summed E-state index contributed by atoms with van der Waals surface area (Å²) in [5, 5.41) is 43.8. The van der Waals surface area contributed by atoms with Gasteiger partial charge in [-0.1, -0.05) is 162 Å². The number of rotatable bonds is 36. The van der Waals surface area contributed by atoms with E-state index in [1.54, 1.807) is 0 Å². The topological polar surface area (TPSA) is 200 Å². The summed E-state index contributed by atoms with van der Waals surface area (Å²) >= 11 is 0. The average molecular weight is 798 g/mol. The fourth-order valence-electron chi connectivity index (χ4n) is 7.88. The van der Waals surface area contributed by atoms with Crippen molar-refractivity contribution in [2.75, 3.05) is 13.2 Å². The fourth-order valence-corrected chi connectivity index (χ4v) is 7.88. The zero-order chi connectivity index (χ0) is 41.6. The van der Waals surface area contributed by atoms with Crippen LogP contribution in [0, 0.1) is 5.92 Å². The van der Waals surface area contributed by atoms with E-state index < -0.39 is 60.4 Å². The maximum absolute atomic E-state index is 14.1. The first-order chi connectivity index (χ1) is 26.9. The van der Waals surface area contributed by atoms with Crippen LogP contribution in [0.1, 0.15) is 207 Å². The Kier molecular flexibility index (Phi) is 29.5. The van der Waals surface area contributed by atoms with Gasteiger partial charge < -0.3 is 35.4 Å². The summed E-state index contributed by atoms with van der Waals surface area (Å²) < 4.78 is 6.06. The summed E-state index contributed by atoms with van der Waals surface area (Å²) in [5.74, 6) is -6.50. The van der Waals surface area contributed by atoms with Gasteiger partial charge in [-0.2, -0.15) is 0 Å². The number of carboxylic acid groups (broad SMARTS) is 1. The number of amides is 2. The number of nitrogens with two attached hydrogens (primary N) is 1. The number of carbonyl (C=O) groups excluding carboxylic acids is 3. The summed E-state index contributed by atoms with van der Waals surface area (Å²) in [6.45, 7) is 5.32. The molecule has 1 fully saturated rings. The van der Waals surface area contributed by atoms with Gasteiger partial charge in [-0.15, -0.1) is 0 Å². The number of Topliss-reactive ketones (excluding diaryl/α,β-unsaturated/α-hetero) is 1. The Bertz CT molecular complexity index is 1060. The van der Waals surface area contributed by atoms with Crippen LogP contribution in [0.15, 0.2) is 0 Å². The molecule has 1 rings (SSSR count). The molecule has 0 aromatic carbocycles. The van der Waals surface area contributed by atoms with E-state index in [-0.39, 0.29) is 38.1 Å². The SMILES string of the molecule is CCCCCCCCCCCCCCCCCC(=O)N(CCCCCCCCCCCC)[C@]1(N)O[C@H](CO)[C@@H](O)[C@H](O)[C@H]1C(=O)[C@H](C)NC(=O)CCCC(=O)O. The van der Waals surface area contributed by atoms with Gasteiger partial charge in [0.1, 0.15) is 18.1 Å². The van der Waals surface area contributed by atoms with Crippen LogP contribution >= 0.6 is 0 Å². The first kappa shape index (κ1) is 51.9. The monoisotopic (exact) mass is 798 g/mol. The van der Waals surface area contributed by atoms with Crippen molar-refractivity contribution in [3.63, 3.8) is 0 Å². The van der Waals surface area contributed by atoms with Crippen molar-refractivity contribution in [3.05, 3.63) is 0 Å². The van der Waals surface area contributed by atoms with E-state index in [9.17, 15) is 34.5 Å². The third kappa shape index (κ3) is 21.0. The molecule has 1 aliphatic heterocycles. The highest BCUT2D eigenvalue weighted by Crippen LogP contribution is 2.36. The standard InChI is InChI=1S/C44H83N3O9/c1-4-6-8-10-12-14-16-17-18-19-20-21-23-25-27-31-38(50)47(33-28-26-24-22-15-13-11-9-7-5-2)44(45)40(43(55)42(54)36(34-48)56-44)41(53)35(3)46-37(49)30-29-32-39(51)52/h35-36,40,42-43,48,54-55H,4-34,45H2,1-3H3,(H,46,49)(H,51,52)/t35-,36+,40+,42+,43+,44-/m0/s1. The second kappa shape index (κ2) is 31.8. The summed E-state index contributed by atoms with van der Waals surface area (Å²) in [6, 6.07) is -1.19. The van der Waals surface area contributed by atoms with E-state index in [4.69, 9.17) is 15.6 Å². The van der Waals surface area contributed by atoms with E-state index in [0.29, 0.717) is 12.8 Å². The number of carbonyl (C=O) groups is 4. The molecular weight excluding hydrogens is 714 g/mol. The zero-order valence-corrected chi connectivity index (χ0v) is 35.7. The van der Waals surface area contributed by atoms with E-state index in [1.165, 1.54) is 115 Å². The molecule has 0 bridgehead atoms. The van der Waals surface area contributed by atoms with Crippen molar-refractivity contribution >= 4 is 23.6 Å². The van der Waals surface area contributed by atoms with E-state index in [1.807, 2.05) is 0 Å². The molecule has 0 unspecified atom stereocenters. The van der Waals surface area contributed by atoms with Crippen LogP contribution in [-0.4, -0.2) is 92.2 Å². The minimum Gasteiger partial charge on any atom is -0.481 e. The first-order valence-electron chi connectivity index (χ1n) is 22.7. The van der Waals surface area contributed by atoms with E-state index in [2.05, 4.69) is 19.2 Å². The summed E-state index contributed by atoms with van der Waals surface area (Å²) in [6.07, 6.45) is 23.8. The number of hydrogen-bond donors (Lipinski definition) is 6. The number of nitrogens with zero attached hydrogens (tertiary/aromatic N) is 1. The smallest absolute Gasteiger partial charge is 0.303 e. The van der Waals surface area contributed by atoms with Crippen molar-refractivity contribution < 1.29 is 44.3 Å². The van der Waals surface area contributed by atoms with E-state index >= 15 is 0 Å². The van der Waals surface area contributed by atoms with Crippen molar-refractivity contribution in [1.82, 2.24) is 10.2 Å². The second-order valence-corrected chi connectivity index (χ2v) is 16.4. The van der Waals surface area contributed by atoms with Gasteiger partial charge in [-0.3, -0.25) is 24.9 Å². The molecule has 0 saturated carbocycles. The molecule has 0 aliphatic carbocycles. The molecule has 0 aromatic rings. The quantitative estimate of drug-likeness (QED) is 0.0270. The van der Waals surface area contributed by atoms with Crippen molar-refractivity contribution in [1.29, 1.82) is 0 Å². The predicted molar refractivity (Wildman–Crippen MR) is 222 cm³/mol. The van der Waals surface area contributed by atoms with Crippen LogP contribution in [0.4, 0.5) is 0 Å². The van der Waals surface area contributed by atoms with Crippen molar-refractivity contribution in [3.8, 4) is 0 Å². The molecule has 0 aromatic heterocycles. The van der Waals surface area contributed by atoms with Gasteiger partial charge in [0.05, 0.1) is 18.8 Å². The molecule has 7 N–H and O–H groups in total. The molecule has 12 nitrogen and oxygen atoms in total. The van der Waals surface area contributed by atoms with Gasteiger partial charge in [0.15, 0.2) is 5.78 Å². The predicted octanol–water partition coefficient (Wildman–Crippen LogP) is 7.67. The molecule has 328 valence electrons. The number of aliphatic hydroxyl groups is 3. The molecule has 6 atom stereocenters. The lowest BCUT2D eigenvalue weighted by molar-refractivity contribution is -0.291. The van der Waals surface area contributed by atoms with E-state index in [0.717, 1.165) is 44.9 Å². The van der Waals surface area contributed by atoms with Crippen molar-refractivity contribution in [2.45, 2.75) is 237 Å². The third-order valence-corrected chi connectivity index (χ3v) is 11.4. The summed E-state index contributed by atoms with van der Waals surface area (Å²) in [7, 11) is 0. The number of nitrogens with one attached hydrogen (secondary N) is 1. The lowest BCUT2D eigenvalue weighted by Gasteiger charge is -2.53. The molecule has 56 heavy (non-hydrogen) atoms. The second-order valence-electron chi connectivity index (χ2n) is 16.4. The number of hydrogen-bond acceptors (Lipinski definition) is 9. The molecule has 0 spiro atoms. The number of aliphatic carboxylic acids is 1. The Morgan fingerprint density at radius 1 is 0.643 bits per heavy atom. The van der Waals surface area contributed by atoms with Gasteiger partial charge in [0.2, 0.25) is 17.7 Å². The third-order valence-electron chi connectivity index (χ3n) is 11.4. The molecule has 1 saturated heterocycles. The Morgan fingerprint density at radius 3 is 1.50 bits per heavy atom. The van der Waals surface area contributed by atoms with Gasteiger partial charge >= 0.3 is 5.97 Å². The minimum absolute atomic E-state index is 0.0788. The number of aliphatic hydroxyl groups excluding tert-OH is 3. The van der Waals surface area contributed by atoms with Crippen LogP contribution in [0.2, 0.25) is 0 Å². The lowest BCUT2D eigenvalue weighted by Crippen LogP contribution is -2.76. The maximum atomic E-state index is 14.1. The van der Waals surface area contributed by atoms with Crippen molar-refractivity contribution in [2.24, 2.45) is 11.7 Å². The Balaban J connectivity index is 2.92. The number of ketones is 1. The molecular formula is C44H83N3O9. The molecule has 12 heteroatoms. The largest absolute Gasteiger partial charge is 0.481 e. The van der Waals surface area contributed by atoms with Gasteiger partial charge in [-0.05, 0) is 26.2 Å². The average Bonchev–Trinajstić information content (AvgIpc) is 3.16. The van der Waals surface area contributed by atoms with Crippen LogP contribution in [-0.2, 0) is 23.9 Å². The Morgan fingerprint density at radius 2 is 1.07 bits per heavy atom. The Labute approximate surface area is 339 Å². The van der Waals surface area contributed by atoms with Crippen LogP contribution in [0.25, 0.3) is 0 Å². The molecule has 0 radical (unpaired) electrons. The number of unbranched alkanes of at least 4 members (excludes halogenated alkanes) is 23. The maximum Gasteiger partial charge on any atom is 0.303 e. The van der Waals surface area contributed by atoms with Gasteiger partial charge in [0, 0.05) is 25.8 Å². The van der Waals surface area contributed by atoms with Crippen LogP contribution in [0.3, 0.4) is 0 Å². The summed E-state index contributed by atoms with van der Waals surface area (Å²) in [4.78, 5) is 52.9. The van der Waals surface area contributed by atoms with Crippen LogP contribution in [0.5, 0.6) is 0 Å². The normalized spacial score (nSPS) is 21.5. The highest BCUT2D eigenvalue weighted by Gasteiger charge is 2.59. The molecule has 1 aliphatic rings. The molecule has 2 amide bonds. The first-order valence-corrected chi connectivity index (χ1v) is 22.7. The highest BCUT2D eigenvalue weighted by atomic mass is 16.6. The van der Waals surface area contributed by atoms with Gasteiger partial charge in [0.25, 0.3) is 0 Å². The van der Waals surface area contributed by atoms with Gasteiger partial charge in [-0.25, -0.2) is 0 Å². The fraction of sp³-hybridized carbons (Fsp3) is 0.909. The van der Waals surface area contributed by atoms with Crippen LogP contribution < -0.4 is 11.1 Å². The molecule has 1 heterocycles. The minimum atomic E-state index is -2.20. The summed E-state index contributed by atoms with van der Waals surface area (Å²) in [5.41, 5.74) is 6.93. The Hall–Kier alpha value is -2.12.